The molecule has 0 amide bonds. The number of aliphatic hydroxyl groups excluding tert-OH is 1. The minimum absolute atomic E-state index is 0.376. The van der Waals surface area contributed by atoms with E-state index in [2.05, 4.69) is 17.0 Å². The summed E-state index contributed by atoms with van der Waals surface area (Å²) in [5.74, 6) is 0. The Morgan fingerprint density at radius 3 is 1.90 bits per heavy atom. The molecule has 0 aliphatic carbocycles. The molecular formula is C17H29NO3. The van der Waals surface area contributed by atoms with Crippen LogP contribution in [0.3, 0.4) is 0 Å². The van der Waals surface area contributed by atoms with E-state index in [-0.39, 0.29) is 6.10 Å². The van der Waals surface area contributed by atoms with E-state index >= 15 is 0 Å². The van der Waals surface area contributed by atoms with Gasteiger partial charge < -0.3 is 19.5 Å². The minimum Gasteiger partial charge on any atom is -0.388 e. The molecule has 0 aromatic heterocycles. The van der Waals surface area contributed by atoms with Crippen molar-refractivity contribution in [2.45, 2.75) is 33.3 Å². The van der Waals surface area contributed by atoms with Crippen LogP contribution in [0.5, 0.6) is 0 Å². The molecular weight excluding hydrogens is 266 g/mol. The Kier molecular flexibility index (Phi) is 9.06. The smallest absolute Gasteiger partial charge is 0.0787 e. The summed E-state index contributed by atoms with van der Waals surface area (Å²) in [5, 5.41) is 9.85. The first-order chi connectivity index (χ1) is 10.2. The number of ether oxygens (including phenoxy) is 2. The number of rotatable bonds is 11. The highest BCUT2D eigenvalue weighted by molar-refractivity contribution is 5.48. The van der Waals surface area contributed by atoms with Crippen molar-refractivity contribution >= 4 is 5.69 Å². The molecule has 1 unspecified atom stereocenters. The lowest BCUT2D eigenvalue weighted by Gasteiger charge is -2.25. The first kappa shape index (κ1) is 18.0. The average Bonchev–Trinajstić information content (AvgIpc) is 2.53. The van der Waals surface area contributed by atoms with Crippen LogP contribution >= 0.6 is 0 Å². The maximum absolute atomic E-state index is 9.85. The van der Waals surface area contributed by atoms with Crippen molar-refractivity contribution in [3.8, 4) is 0 Å². The Bertz CT molecular complexity index is 357. The van der Waals surface area contributed by atoms with Crippen LogP contribution in [0.15, 0.2) is 24.3 Å². The molecule has 120 valence electrons. The third-order valence-corrected chi connectivity index (χ3v) is 3.45. The van der Waals surface area contributed by atoms with Crippen molar-refractivity contribution < 1.29 is 14.6 Å². The van der Waals surface area contributed by atoms with Crippen molar-refractivity contribution in [2.75, 3.05) is 44.4 Å². The van der Waals surface area contributed by atoms with E-state index in [1.54, 1.807) is 0 Å². The standard InChI is InChI=1S/C17H29NO3/c1-4-17(19)15-7-9-16(10-8-15)18(11-13-20-5-2)12-14-21-6-3/h7-10,17,19H,4-6,11-14H2,1-3H3. The van der Waals surface area contributed by atoms with Crippen LogP contribution in [0.4, 0.5) is 5.69 Å². The van der Waals surface area contributed by atoms with Gasteiger partial charge in [-0.1, -0.05) is 19.1 Å². The molecule has 0 bridgehead atoms. The summed E-state index contributed by atoms with van der Waals surface area (Å²) in [6.07, 6.45) is 0.358. The van der Waals surface area contributed by atoms with Gasteiger partial charge in [0.05, 0.1) is 19.3 Å². The lowest BCUT2D eigenvalue weighted by atomic mass is 10.1. The number of benzene rings is 1. The van der Waals surface area contributed by atoms with E-state index in [1.165, 1.54) is 0 Å². The van der Waals surface area contributed by atoms with Gasteiger partial charge in [0.15, 0.2) is 0 Å². The number of hydrogen-bond donors (Lipinski definition) is 1. The number of nitrogens with zero attached hydrogens (tertiary/aromatic N) is 1. The highest BCUT2D eigenvalue weighted by atomic mass is 16.5. The topological polar surface area (TPSA) is 41.9 Å². The number of hydrogen-bond acceptors (Lipinski definition) is 4. The van der Waals surface area contributed by atoms with Crippen LogP contribution in [0.25, 0.3) is 0 Å². The molecule has 0 radical (unpaired) electrons. The molecule has 0 saturated heterocycles. The van der Waals surface area contributed by atoms with Crippen LogP contribution in [-0.2, 0) is 9.47 Å². The van der Waals surface area contributed by atoms with Gasteiger partial charge in [0.25, 0.3) is 0 Å². The second-order valence-electron chi connectivity index (χ2n) is 4.90. The lowest BCUT2D eigenvalue weighted by molar-refractivity contribution is 0.141. The predicted molar refractivity (Wildman–Crippen MR) is 86.9 cm³/mol. The molecule has 0 aliphatic heterocycles. The maximum atomic E-state index is 9.85. The van der Waals surface area contributed by atoms with Gasteiger partial charge in [0.1, 0.15) is 0 Å². The molecule has 1 rings (SSSR count). The second kappa shape index (κ2) is 10.6. The van der Waals surface area contributed by atoms with Crippen molar-refractivity contribution in [1.29, 1.82) is 0 Å². The summed E-state index contributed by atoms with van der Waals surface area (Å²) < 4.78 is 10.9. The molecule has 0 heterocycles. The molecule has 1 N–H and O–H groups in total. The Morgan fingerprint density at radius 1 is 0.952 bits per heavy atom. The Morgan fingerprint density at radius 2 is 1.48 bits per heavy atom. The molecule has 0 aliphatic rings. The van der Waals surface area contributed by atoms with E-state index < -0.39 is 0 Å². The van der Waals surface area contributed by atoms with Gasteiger partial charge in [-0.05, 0) is 38.0 Å². The summed E-state index contributed by atoms with van der Waals surface area (Å²) >= 11 is 0. The van der Waals surface area contributed by atoms with E-state index in [1.807, 2.05) is 32.9 Å². The van der Waals surface area contributed by atoms with Crippen LogP contribution in [0.2, 0.25) is 0 Å². The Hall–Kier alpha value is -1.10. The van der Waals surface area contributed by atoms with Gasteiger partial charge in [-0.15, -0.1) is 0 Å². The number of aliphatic hydroxyl groups is 1. The first-order valence-corrected chi connectivity index (χ1v) is 7.91. The predicted octanol–water partition coefficient (Wildman–Crippen LogP) is 3.01. The molecule has 1 aromatic rings. The van der Waals surface area contributed by atoms with Gasteiger partial charge in [-0.3, -0.25) is 0 Å². The van der Waals surface area contributed by atoms with Crippen molar-refractivity contribution in [1.82, 2.24) is 0 Å². The fourth-order valence-electron chi connectivity index (χ4n) is 2.15. The molecule has 0 saturated carbocycles. The zero-order chi connectivity index (χ0) is 15.5. The molecule has 0 fully saturated rings. The van der Waals surface area contributed by atoms with Gasteiger partial charge in [-0.25, -0.2) is 0 Å². The zero-order valence-corrected chi connectivity index (χ0v) is 13.5. The van der Waals surface area contributed by atoms with E-state index in [4.69, 9.17) is 9.47 Å². The van der Waals surface area contributed by atoms with Gasteiger partial charge in [0, 0.05) is 32.0 Å². The average molecular weight is 295 g/mol. The summed E-state index contributed by atoms with van der Waals surface area (Å²) in [5.41, 5.74) is 2.11. The minimum atomic E-state index is -0.376. The van der Waals surface area contributed by atoms with E-state index in [9.17, 15) is 5.11 Å². The largest absolute Gasteiger partial charge is 0.388 e. The molecule has 4 heteroatoms. The SMILES string of the molecule is CCOCCN(CCOCC)c1ccc(C(O)CC)cc1. The monoisotopic (exact) mass is 295 g/mol. The highest BCUT2D eigenvalue weighted by Crippen LogP contribution is 2.21. The third kappa shape index (κ3) is 6.46. The molecule has 1 atom stereocenters. The molecule has 21 heavy (non-hydrogen) atoms. The Balaban J connectivity index is 2.66. The van der Waals surface area contributed by atoms with E-state index in [0.29, 0.717) is 13.2 Å². The quantitative estimate of drug-likeness (QED) is 0.637. The Labute approximate surface area is 128 Å². The van der Waals surface area contributed by atoms with Crippen LogP contribution in [0.1, 0.15) is 38.9 Å². The van der Waals surface area contributed by atoms with Gasteiger partial charge in [0.2, 0.25) is 0 Å². The van der Waals surface area contributed by atoms with Gasteiger partial charge in [-0.2, -0.15) is 0 Å². The van der Waals surface area contributed by atoms with Gasteiger partial charge >= 0.3 is 0 Å². The zero-order valence-electron chi connectivity index (χ0n) is 13.5. The van der Waals surface area contributed by atoms with Crippen molar-refractivity contribution in [2.24, 2.45) is 0 Å². The molecule has 0 spiro atoms. The summed E-state index contributed by atoms with van der Waals surface area (Å²) in [6, 6.07) is 8.12. The fraction of sp³-hybridized carbons (Fsp3) is 0.647. The normalized spacial score (nSPS) is 12.4. The van der Waals surface area contributed by atoms with Crippen molar-refractivity contribution in [3.05, 3.63) is 29.8 Å². The summed E-state index contributed by atoms with van der Waals surface area (Å²) in [7, 11) is 0. The second-order valence-corrected chi connectivity index (χ2v) is 4.90. The number of anilines is 1. The first-order valence-electron chi connectivity index (χ1n) is 7.91. The van der Waals surface area contributed by atoms with Crippen molar-refractivity contribution in [3.63, 3.8) is 0 Å². The highest BCUT2D eigenvalue weighted by Gasteiger charge is 2.09. The third-order valence-electron chi connectivity index (χ3n) is 3.45. The molecule has 1 aromatic carbocycles. The van der Waals surface area contributed by atoms with E-state index in [0.717, 1.165) is 44.0 Å². The van der Waals surface area contributed by atoms with Crippen LogP contribution in [0, 0.1) is 0 Å². The maximum Gasteiger partial charge on any atom is 0.0787 e. The van der Waals surface area contributed by atoms with Crippen LogP contribution in [-0.4, -0.2) is 44.6 Å². The lowest BCUT2D eigenvalue weighted by Crippen LogP contribution is -2.31. The summed E-state index contributed by atoms with van der Waals surface area (Å²) in [4.78, 5) is 2.26. The molecule has 4 nitrogen and oxygen atoms in total. The van der Waals surface area contributed by atoms with Crippen LogP contribution < -0.4 is 4.90 Å². The fourth-order valence-corrected chi connectivity index (χ4v) is 2.15. The summed E-state index contributed by atoms with van der Waals surface area (Å²) in [6.45, 7) is 10.6.